The van der Waals surface area contributed by atoms with E-state index in [2.05, 4.69) is 0 Å². The summed E-state index contributed by atoms with van der Waals surface area (Å²) in [5.41, 5.74) is 4.31. The van der Waals surface area contributed by atoms with E-state index in [0.29, 0.717) is 29.8 Å². The average molecular weight is 458 g/mol. The molecular weight excluding hydrogens is 433 g/mol. The molecule has 0 amide bonds. The van der Waals surface area contributed by atoms with Gasteiger partial charge < -0.3 is 0 Å². The number of rotatable bonds is 5. The fourth-order valence-electron chi connectivity index (χ4n) is 4.18. The maximum Gasteiger partial charge on any atom is 0.264 e. The number of sulfonamides is 1. The monoisotopic (exact) mass is 457 g/mol. The number of halogens is 2. The molecule has 0 saturated carbocycles. The number of benzene rings is 3. The second-order valence-corrected chi connectivity index (χ2v) is 10.5. The molecule has 0 saturated heterocycles. The van der Waals surface area contributed by atoms with Crippen molar-refractivity contribution in [1.29, 1.82) is 0 Å². The van der Waals surface area contributed by atoms with Gasteiger partial charge in [0.05, 0.1) is 10.6 Å². The molecule has 0 radical (unpaired) electrons. The van der Waals surface area contributed by atoms with Crippen molar-refractivity contribution in [1.82, 2.24) is 0 Å². The molecule has 1 aliphatic heterocycles. The molecule has 6 heteroatoms. The van der Waals surface area contributed by atoms with Gasteiger partial charge in [-0.05, 0) is 86.6 Å². The fraction of sp³-hybridized carbons (Fsp3) is 0.280. The Morgan fingerprint density at radius 3 is 2.42 bits per heavy atom. The first-order valence-corrected chi connectivity index (χ1v) is 12.2. The largest absolute Gasteiger partial charge is 0.264 e. The topological polar surface area (TPSA) is 37.4 Å². The summed E-state index contributed by atoms with van der Waals surface area (Å²) in [6.45, 7) is 3.89. The smallest absolute Gasteiger partial charge is 0.263 e. The summed E-state index contributed by atoms with van der Waals surface area (Å²) in [4.78, 5) is 0.273. The number of nitrogens with zero attached hydrogens (tertiary/aromatic N) is 1. The normalized spacial score (nSPS) is 16.3. The Morgan fingerprint density at radius 1 is 1.00 bits per heavy atom. The van der Waals surface area contributed by atoms with Crippen molar-refractivity contribution in [3.63, 3.8) is 0 Å². The first-order chi connectivity index (χ1) is 14.8. The van der Waals surface area contributed by atoms with Crippen LogP contribution in [-0.2, 0) is 22.9 Å². The third kappa shape index (κ3) is 4.48. The Bertz CT molecular complexity index is 1210. The molecule has 162 valence electrons. The Hall–Kier alpha value is -2.37. The van der Waals surface area contributed by atoms with Gasteiger partial charge in [-0.15, -0.1) is 0 Å². The van der Waals surface area contributed by atoms with Crippen LogP contribution in [0.1, 0.15) is 35.1 Å². The first kappa shape index (κ1) is 21.8. The van der Waals surface area contributed by atoms with Crippen LogP contribution in [0.25, 0.3) is 0 Å². The summed E-state index contributed by atoms with van der Waals surface area (Å²) in [7, 11) is -3.76. The number of hydrogen-bond donors (Lipinski definition) is 0. The highest BCUT2D eigenvalue weighted by Gasteiger charge is 2.36. The Balaban J connectivity index is 1.72. The summed E-state index contributed by atoms with van der Waals surface area (Å²) < 4.78 is 43.4. The molecule has 0 fully saturated rings. The van der Waals surface area contributed by atoms with Crippen molar-refractivity contribution >= 4 is 27.3 Å². The molecule has 0 bridgehead atoms. The molecule has 1 atom stereocenters. The summed E-state index contributed by atoms with van der Waals surface area (Å²) in [6.07, 6.45) is 2.45. The lowest BCUT2D eigenvalue weighted by Gasteiger charge is -2.38. The van der Waals surface area contributed by atoms with Crippen molar-refractivity contribution < 1.29 is 12.8 Å². The molecule has 0 unspecified atom stereocenters. The number of anilines is 1. The Morgan fingerprint density at radius 2 is 1.71 bits per heavy atom. The average Bonchev–Trinajstić information content (AvgIpc) is 2.72. The first-order valence-electron chi connectivity index (χ1n) is 10.4. The van der Waals surface area contributed by atoms with Gasteiger partial charge in [0.1, 0.15) is 5.82 Å². The second kappa shape index (κ2) is 8.64. The molecular formula is C25H25ClFNO2S. The van der Waals surface area contributed by atoms with E-state index < -0.39 is 10.0 Å². The molecule has 4 rings (SSSR count). The predicted molar refractivity (Wildman–Crippen MR) is 124 cm³/mol. The second-order valence-electron chi connectivity index (χ2n) is 8.21. The van der Waals surface area contributed by atoms with Gasteiger partial charge in [-0.1, -0.05) is 47.5 Å². The summed E-state index contributed by atoms with van der Waals surface area (Å²) in [5, 5.41) is 0.354. The molecule has 0 aromatic heterocycles. The minimum absolute atomic E-state index is 0.254. The Kier molecular flexibility index (Phi) is 6.09. The fourth-order valence-corrected chi connectivity index (χ4v) is 6.08. The van der Waals surface area contributed by atoms with Crippen LogP contribution in [0.2, 0.25) is 5.02 Å². The third-order valence-electron chi connectivity index (χ3n) is 5.90. The van der Waals surface area contributed by atoms with Crippen molar-refractivity contribution in [3.8, 4) is 0 Å². The zero-order chi connectivity index (χ0) is 22.2. The van der Waals surface area contributed by atoms with Gasteiger partial charge >= 0.3 is 0 Å². The van der Waals surface area contributed by atoms with E-state index in [0.717, 1.165) is 28.8 Å². The van der Waals surface area contributed by atoms with Crippen LogP contribution >= 0.6 is 11.6 Å². The lowest BCUT2D eigenvalue weighted by Crippen LogP contribution is -2.44. The van der Waals surface area contributed by atoms with Gasteiger partial charge in [0.2, 0.25) is 0 Å². The van der Waals surface area contributed by atoms with Crippen molar-refractivity contribution in [2.75, 3.05) is 4.31 Å². The molecule has 31 heavy (non-hydrogen) atoms. The number of fused-ring (bicyclic) bond motifs is 1. The summed E-state index contributed by atoms with van der Waals surface area (Å²) >= 11 is 5.87. The minimum Gasteiger partial charge on any atom is -0.263 e. The van der Waals surface area contributed by atoms with E-state index in [1.165, 1.54) is 6.07 Å². The molecule has 1 aliphatic rings. The van der Waals surface area contributed by atoms with Crippen LogP contribution in [0, 0.1) is 19.7 Å². The number of hydrogen-bond acceptors (Lipinski definition) is 2. The van der Waals surface area contributed by atoms with E-state index in [1.807, 2.05) is 44.2 Å². The van der Waals surface area contributed by atoms with Crippen LogP contribution in [0.4, 0.5) is 10.1 Å². The molecule has 0 spiro atoms. The quantitative estimate of drug-likeness (QED) is 0.454. The van der Waals surface area contributed by atoms with Crippen molar-refractivity contribution in [3.05, 3.63) is 93.8 Å². The van der Waals surface area contributed by atoms with Gasteiger partial charge in [-0.2, -0.15) is 0 Å². The highest BCUT2D eigenvalue weighted by Crippen LogP contribution is 2.37. The van der Waals surface area contributed by atoms with Crippen LogP contribution in [0.3, 0.4) is 0 Å². The van der Waals surface area contributed by atoms with Crippen molar-refractivity contribution in [2.24, 2.45) is 0 Å². The molecule has 3 nitrogen and oxygen atoms in total. The lowest BCUT2D eigenvalue weighted by molar-refractivity contribution is 0.517. The SMILES string of the molecule is Cc1ccc(S(=O)(=O)N2c3cc(C)ccc3CC[C@@H]2CCc2ccc(Cl)cc2F)cc1. The van der Waals surface area contributed by atoms with E-state index in [4.69, 9.17) is 11.6 Å². The van der Waals surface area contributed by atoms with Crippen LogP contribution in [0.15, 0.2) is 65.6 Å². The lowest BCUT2D eigenvalue weighted by atomic mass is 9.93. The van der Waals surface area contributed by atoms with Crippen LogP contribution < -0.4 is 4.31 Å². The number of aryl methyl sites for hydroxylation is 4. The van der Waals surface area contributed by atoms with Crippen LogP contribution in [0.5, 0.6) is 0 Å². The Labute approximate surface area is 188 Å². The van der Waals surface area contributed by atoms with Gasteiger partial charge in [0.25, 0.3) is 10.0 Å². The molecule has 0 N–H and O–H groups in total. The van der Waals surface area contributed by atoms with E-state index >= 15 is 0 Å². The molecule has 3 aromatic rings. The standard InChI is InChI=1S/C25H25ClFNO2S/c1-17-4-13-23(14-5-17)31(29,30)28-22(11-8-19-7-10-21(26)16-24(19)27)12-9-20-6-3-18(2)15-25(20)28/h3-7,10,13-16,22H,8-9,11-12H2,1-2H3/t22-/m0/s1. The van der Waals surface area contributed by atoms with Crippen LogP contribution in [-0.4, -0.2) is 14.5 Å². The zero-order valence-corrected chi connectivity index (χ0v) is 19.2. The zero-order valence-electron chi connectivity index (χ0n) is 17.6. The van der Waals surface area contributed by atoms with Gasteiger partial charge in [-0.3, -0.25) is 4.31 Å². The molecule has 0 aliphatic carbocycles. The summed E-state index contributed by atoms with van der Waals surface area (Å²) in [5.74, 6) is -0.354. The molecule has 1 heterocycles. The van der Waals surface area contributed by atoms with Gasteiger partial charge in [0.15, 0.2) is 0 Å². The maximum absolute atomic E-state index is 14.3. The van der Waals surface area contributed by atoms with Crippen molar-refractivity contribution in [2.45, 2.75) is 50.5 Å². The van der Waals surface area contributed by atoms with E-state index in [1.54, 1.807) is 28.6 Å². The van der Waals surface area contributed by atoms with Gasteiger partial charge in [-0.25, -0.2) is 12.8 Å². The van der Waals surface area contributed by atoms with Gasteiger partial charge in [0, 0.05) is 11.1 Å². The third-order valence-corrected chi connectivity index (χ3v) is 8.01. The summed E-state index contributed by atoms with van der Waals surface area (Å²) in [6, 6.07) is 17.3. The highest BCUT2D eigenvalue weighted by atomic mass is 35.5. The predicted octanol–water partition coefficient (Wildman–Crippen LogP) is 6.24. The minimum atomic E-state index is -3.76. The van der Waals surface area contributed by atoms with E-state index in [9.17, 15) is 12.8 Å². The highest BCUT2D eigenvalue weighted by molar-refractivity contribution is 7.92. The van der Waals surface area contributed by atoms with E-state index in [-0.39, 0.29) is 16.8 Å². The maximum atomic E-state index is 14.3. The molecule has 3 aromatic carbocycles.